The molecular weight excluding hydrogens is 388 g/mol. The Morgan fingerprint density at radius 1 is 1.31 bits per heavy atom. The predicted molar refractivity (Wildman–Crippen MR) is 114 cm³/mol. The van der Waals surface area contributed by atoms with Crippen molar-refractivity contribution in [3.8, 4) is 5.75 Å². The summed E-state index contributed by atoms with van der Waals surface area (Å²) in [6.07, 6.45) is 9.88. The minimum Gasteiger partial charge on any atom is -0.506 e. The summed E-state index contributed by atoms with van der Waals surface area (Å²) in [5.41, 5.74) is 2.06. The maximum absolute atomic E-state index is 12.7. The minimum atomic E-state index is 0.0510. The molecule has 1 amide bonds. The van der Waals surface area contributed by atoms with Crippen LogP contribution < -0.4 is 5.32 Å². The molecule has 7 heteroatoms. The fourth-order valence-corrected chi connectivity index (χ4v) is 3.73. The zero-order valence-electron chi connectivity index (χ0n) is 17.0. The average molecular weight is 417 g/mol. The van der Waals surface area contributed by atoms with Crippen LogP contribution in [0.1, 0.15) is 42.7 Å². The highest BCUT2D eigenvalue weighted by molar-refractivity contribution is 6.32. The summed E-state index contributed by atoms with van der Waals surface area (Å²) >= 11 is 6.02. The van der Waals surface area contributed by atoms with Crippen LogP contribution in [0.2, 0.25) is 5.02 Å². The first kappa shape index (κ1) is 21.5. The molecular formula is C22H29ClN4O2. The maximum Gasteiger partial charge on any atom is 0.220 e. The van der Waals surface area contributed by atoms with Gasteiger partial charge in [0.15, 0.2) is 0 Å². The van der Waals surface area contributed by atoms with Crippen LogP contribution >= 0.6 is 11.6 Å². The van der Waals surface area contributed by atoms with Crippen molar-refractivity contribution in [1.29, 1.82) is 0 Å². The van der Waals surface area contributed by atoms with Crippen molar-refractivity contribution < 1.29 is 9.90 Å². The number of nitrogens with one attached hydrogen (secondary N) is 1. The minimum absolute atomic E-state index is 0.0510. The number of hydrogen-bond acceptors (Lipinski definition) is 5. The molecule has 2 aromatic rings. The second kappa shape index (κ2) is 10.0. The Balaban J connectivity index is 1.56. The quantitative estimate of drug-likeness (QED) is 0.620. The van der Waals surface area contributed by atoms with E-state index < -0.39 is 0 Å². The zero-order valence-corrected chi connectivity index (χ0v) is 17.8. The fraction of sp³-hybridized carbons (Fsp3) is 0.500. The summed E-state index contributed by atoms with van der Waals surface area (Å²) in [7, 11) is 3.99. The first-order chi connectivity index (χ1) is 13.9. The first-order valence-electron chi connectivity index (χ1n) is 10.1. The molecule has 0 radical (unpaired) electrons. The summed E-state index contributed by atoms with van der Waals surface area (Å²) in [6.45, 7) is 0.547. The number of rotatable bonds is 10. The standard InChI is InChI=1S/C22H29ClN4O2/c1-27(2)19(8-16-5-6-21(28)20(23)9-16)13-26-22(29)10-17(7-15-3-4-15)18-11-24-14-25-12-18/h5-6,9,11-12,14-15,17,19,28H,3-4,7-8,10,13H2,1-2H3,(H,26,29)/t17-,19+/m1/s1. The van der Waals surface area contributed by atoms with Gasteiger partial charge in [0.25, 0.3) is 0 Å². The number of aromatic hydroxyl groups is 1. The van der Waals surface area contributed by atoms with E-state index in [4.69, 9.17) is 11.6 Å². The number of nitrogens with zero attached hydrogens (tertiary/aromatic N) is 3. The van der Waals surface area contributed by atoms with E-state index >= 15 is 0 Å². The van der Waals surface area contributed by atoms with Gasteiger partial charge in [-0.05, 0) is 62.0 Å². The highest BCUT2D eigenvalue weighted by Crippen LogP contribution is 2.39. The van der Waals surface area contributed by atoms with Crippen molar-refractivity contribution in [3.05, 3.63) is 53.1 Å². The van der Waals surface area contributed by atoms with Gasteiger partial charge < -0.3 is 15.3 Å². The van der Waals surface area contributed by atoms with Gasteiger partial charge >= 0.3 is 0 Å². The van der Waals surface area contributed by atoms with Gasteiger partial charge in [0.2, 0.25) is 5.91 Å². The van der Waals surface area contributed by atoms with Crippen LogP contribution in [0.15, 0.2) is 36.9 Å². The third kappa shape index (κ3) is 6.68. The Kier molecular flexibility index (Phi) is 7.45. The van der Waals surface area contributed by atoms with Crippen molar-refractivity contribution in [2.75, 3.05) is 20.6 Å². The fourth-order valence-electron chi connectivity index (χ4n) is 3.53. The molecule has 0 spiro atoms. The van der Waals surface area contributed by atoms with Gasteiger partial charge in [-0.3, -0.25) is 4.79 Å². The molecule has 1 fully saturated rings. The normalized spacial score (nSPS) is 15.9. The summed E-state index contributed by atoms with van der Waals surface area (Å²) in [6, 6.07) is 5.37. The highest BCUT2D eigenvalue weighted by Gasteiger charge is 2.28. The number of carbonyl (C=O) groups excluding carboxylic acids is 1. The van der Waals surface area contributed by atoms with Crippen molar-refractivity contribution in [1.82, 2.24) is 20.2 Å². The van der Waals surface area contributed by atoms with Crippen molar-refractivity contribution in [3.63, 3.8) is 0 Å². The number of benzene rings is 1. The Hall–Kier alpha value is -2.18. The van der Waals surface area contributed by atoms with E-state index in [1.54, 1.807) is 12.1 Å². The Labute approximate surface area is 177 Å². The van der Waals surface area contributed by atoms with Crippen LogP contribution in [0.4, 0.5) is 0 Å². The highest BCUT2D eigenvalue weighted by atomic mass is 35.5. The molecule has 1 aliphatic rings. The molecule has 3 rings (SSSR count). The van der Waals surface area contributed by atoms with Crippen LogP contribution in [0.25, 0.3) is 0 Å². The van der Waals surface area contributed by atoms with Crippen LogP contribution in [-0.2, 0) is 11.2 Å². The zero-order chi connectivity index (χ0) is 20.8. The Morgan fingerprint density at radius 2 is 2.03 bits per heavy atom. The number of phenols is 1. The van der Waals surface area contributed by atoms with Gasteiger partial charge in [-0.1, -0.05) is 30.5 Å². The lowest BCUT2D eigenvalue weighted by Gasteiger charge is -2.25. The van der Waals surface area contributed by atoms with E-state index in [2.05, 4.69) is 20.2 Å². The van der Waals surface area contributed by atoms with Crippen molar-refractivity contribution in [2.24, 2.45) is 5.92 Å². The molecule has 1 aliphatic carbocycles. The van der Waals surface area contributed by atoms with E-state index in [9.17, 15) is 9.90 Å². The monoisotopic (exact) mass is 416 g/mol. The first-order valence-corrected chi connectivity index (χ1v) is 10.5. The molecule has 29 heavy (non-hydrogen) atoms. The lowest BCUT2D eigenvalue weighted by molar-refractivity contribution is -0.121. The second-order valence-corrected chi connectivity index (χ2v) is 8.57. The van der Waals surface area contributed by atoms with E-state index in [-0.39, 0.29) is 23.6 Å². The topological polar surface area (TPSA) is 78.4 Å². The van der Waals surface area contributed by atoms with E-state index in [0.29, 0.717) is 18.0 Å². The Morgan fingerprint density at radius 3 is 2.66 bits per heavy atom. The molecule has 0 saturated heterocycles. The number of carbonyl (C=O) groups is 1. The Bertz CT molecular complexity index is 812. The molecule has 2 N–H and O–H groups in total. The molecule has 1 saturated carbocycles. The SMILES string of the molecule is CN(C)[C@H](CNC(=O)C[C@@H](CC1CC1)c1cncnc1)Cc1ccc(O)c(Cl)c1. The summed E-state index contributed by atoms with van der Waals surface area (Å²) in [5, 5.41) is 13.0. The average Bonchev–Trinajstić information content (AvgIpc) is 3.52. The van der Waals surface area contributed by atoms with Gasteiger partial charge in [-0.2, -0.15) is 0 Å². The summed E-state index contributed by atoms with van der Waals surface area (Å²) in [4.78, 5) is 23.0. The van der Waals surface area contributed by atoms with Crippen LogP contribution in [0.3, 0.4) is 0 Å². The van der Waals surface area contributed by atoms with Crippen LogP contribution in [0, 0.1) is 5.92 Å². The lowest BCUT2D eigenvalue weighted by atomic mass is 9.92. The lowest BCUT2D eigenvalue weighted by Crippen LogP contribution is -2.41. The van der Waals surface area contributed by atoms with Crippen LogP contribution in [0.5, 0.6) is 5.75 Å². The second-order valence-electron chi connectivity index (χ2n) is 8.16. The summed E-state index contributed by atoms with van der Waals surface area (Å²) in [5.74, 6) is 1.02. The molecule has 0 unspecified atom stereocenters. The number of amides is 1. The van der Waals surface area contributed by atoms with E-state index in [1.165, 1.54) is 19.2 Å². The smallest absolute Gasteiger partial charge is 0.220 e. The molecule has 0 aliphatic heterocycles. The van der Waals surface area contributed by atoms with Crippen molar-refractivity contribution >= 4 is 17.5 Å². The van der Waals surface area contributed by atoms with Crippen molar-refractivity contribution in [2.45, 2.75) is 44.1 Å². The third-order valence-corrected chi connectivity index (χ3v) is 5.85. The molecule has 1 aromatic heterocycles. The molecule has 0 bridgehead atoms. The molecule has 1 heterocycles. The van der Waals surface area contributed by atoms with Gasteiger partial charge in [-0.25, -0.2) is 9.97 Å². The largest absolute Gasteiger partial charge is 0.506 e. The number of halogens is 1. The molecule has 2 atom stereocenters. The predicted octanol–water partition coefficient (Wildman–Crippen LogP) is 3.40. The van der Waals surface area contributed by atoms with Gasteiger partial charge in [-0.15, -0.1) is 0 Å². The maximum atomic E-state index is 12.7. The van der Waals surface area contributed by atoms with E-state index in [1.807, 2.05) is 32.6 Å². The van der Waals surface area contributed by atoms with Crippen LogP contribution in [-0.4, -0.2) is 52.6 Å². The van der Waals surface area contributed by atoms with E-state index in [0.717, 1.165) is 29.9 Å². The number of hydrogen-bond donors (Lipinski definition) is 2. The number of phenolic OH excluding ortho intramolecular Hbond substituents is 1. The molecule has 1 aromatic carbocycles. The van der Waals surface area contributed by atoms with Gasteiger partial charge in [0.1, 0.15) is 12.1 Å². The number of aromatic nitrogens is 2. The summed E-state index contributed by atoms with van der Waals surface area (Å²) < 4.78 is 0. The third-order valence-electron chi connectivity index (χ3n) is 5.55. The van der Waals surface area contributed by atoms with Gasteiger partial charge in [0.05, 0.1) is 5.02 Å². The molecule has 6 nitrogen and oxygen atoms in total. The molecule has 156 valence electrons. The number of likely N-dealkylation sites (N-methyl/N-ethyl adjacent to an activating group) is 1. The van der Waals surface area contributed by atoms with Gasteiger partial charge in [0, 0.05) is 31.4 Å².